The van der Waals surface area contributed by atoms with Crippen LogP contribution in [-0.4, -0.2) is 47.3 Å². The van der Waals surface area contributed by atoms with Gasteiger partial charge in [0.25, 0.3) is 0 Å². The third-order valence-corrected chi connectivity index (χ3v) is 3.93. The number of rotatable bonds is 3. The molecule has 3 rings (SSSR count). The molecular weight excluding hydrogens is 238 g/mol. The molecule has 4 heteroatoms. The maximum Gasteiger partial charge on any atom is 0.0937 e. The van der Waals surface area contributed by atoms with E-state index in [-0.39, 0.29) is 0 Å². The molecule has 0 amide bonds. The summed E-state index contributed by atoms with van der Waals surface area (Å²) in [5.74, 6) is 0. The summed E-state index contributed by atoms with van der Waals surface area (Å²) >= 11 is 0. The predicted molar refractivity (Wildman–Crippen MR) is 77.2 cm³/mol. The van der Waals surface area contributed by atoms with Gasteiger partial charge in [0.1, 0.15) is 0 Å². The summed E-state index contributed by atoms with van der Waals surface area (Å²) in [6.07, 6.45) is 1.64. The molecule has 0 radical (unpaired) electrons. The molecule has 0 saturated carbocycles. The van der Waals surface area contributed by atoms with Gasteiger partial charge in [-0.2, -0.15) is 0 Å². The zero-order valence-corrected chi connectivity index (χ0v) is 11.3. The fourth-order valence-electron chi connectivity index (χ4n) is 2.88. The quantitative estimate of drug-likeness (QED) is 0.868. The van der Waals surface area contributed by atoms with Gasteiger partial charge in [0.2, 0.25) is 0 Å². The second-order valence-corrected chi connectivity index (χ2v) is 5.28. The molecule has 1 saturated heterocycles. The number of nitrogens with zero attached hydrogens (tertiary/aromatic N) is 2. The first-order chi connectivity index (χ1) is 9.25. The minimum atomic E-state index is -0.413. The molecule has 0 bridgehead atoms. The highest BCUT2D eigenvalue weighted by Gasteiger charge is 2.18. The fraction of sp³-hybridized carbons (Fsp3) is 0.467. The number of fused-ring (bicyclic) bond motifs is 1. The second kappa shape index (κ2) is 5.33. The van der Waals surface area contributed by atoms with Crippen LogP contribution in [0.25, 0.3) is 10.9 Å². The van der Waals surface area contributed by atoms with Crippen LogP contribution < -0.4 is 5.32 Å². The van der Waals surface area contributed by atoms with Gasteiger partial charge in [-0.15, -0.1) is 0 Å². The van der Waals surface area contributed by atoms with Gasteiger partial charge in [0, 0.05) is 62.4 Å². The number of benzene rings is 1. The van der Waals surface area contributed by atoms with E-state index >= 15 is 0 Å². The molecule has 1 aliphatic rings. The van der Waals surface area contributed by atoms with Crippen molar-refractivity contribution in [2.75, 3.05) is 32.7 Å². The number of aliphatic hydroxyl groups excluding tert-OH is 1. The lowest BCUT2D eigenvalue weighted by atomic mass is 10.1. The van der Waals surface area contributed by atoms with Crippen molar-refractivity contribution in [2.45, 2.75) is 6.10 Å². The summed E-state index contributed by atoms with van der Waals surface area (Å²) in [6.45, 7) is 4.78. The topological polar surface area (TPSA) is 40.4 Å². The third kappa shape index (κ3) is 2.52. The lowest BCUT2D eigenvalue weighted by Crippen LogP contribution is -2.44. The molecule has 102 valence electrons. The van der Waals surface area contributed by atoms with Gasteiger partial charge >= 0.3 is 0 Å². The number of para-hydroxylation sites is 1. The molecule has 2 N–H and O–H groups in total. The molecule has 1 fully saturated rings. The predicted octanol–water partition coefficient (Wildman–Crippen LogP) is 1.12. The van der Waals surface area contributed by atoms with E-state index < -0.39 is 6.10 Å². The Morgan fingerprint density at radius 3 is 2.79 bits per heavy atom. The molecule has 2 heterocycles. The van der Waals surface area contributed by atoms with Crippen LogP contribution >= 0.6 is 0 Å². The molecule has 1 unspecified atom stereocenters. The Morgan fingerprint density at radius 1 is 1.26 bits per heavy atom. The standard InChI is InChI=1S/C15H21N3O/c1-17-10-13(12-4-2-3-5-14(12)17)15(19)11-18-8-6-16-7-9-18/h2-5,10,15-16,19H,6-9,11H2,1H3. The third-order valence-electron chi connectivity index (χ3n) is 3.93. The van der Waals surface area contributed by atoms with Gasteiger partial charge in [-0.05, 0) is 6.07 Å². The molecule has 4 nitrogen and oxygen atoms in total. The van der Waals surface area contributed by atoms with Crippen molar-refractivity contribution >= 4 is 10.9 Å². The maximum absolute atomic E-state index is 10.5. The van der Waals surface area contributed by atoms with Gasteiger partial charge in [0.15, 0.2) is 0 Å². The normalized spacial score (nSPS) is 18.8. The Bertz CT molecular complexity index is 558. The van der Waals surface area contributed by atoms with Crippen LogP contribution in [0.3, 0.4) is 0 Å². The van der Waals surface area contributed by atoms with Crippen LogP contribution in [0, 0.1) is 0 Å². The van der Waals surface area contributed by atoms with Gasteiger partial charge in [-0.25, -0.2) is 0 Å². The zero-order chi connectivity index (χ0) is 13.2. The van der Waals surface area contributed by atoms with Crippen molar-refractivity contribution in [3.05, 3.63) is 36.0 Å². The number of β-amino-alcohol motifs (C(OH)–C–C–N with tert-alkyl or cyclic N) is 1. The van der Waals surface area contributed by atoms with E-state index in [1.54, 1.807) is 0 Å². The van der Waals surface area contributed by atoms with E-state index in [9.17, 15) is 5.11 Å². The highest BCUT2D eigenvalue weighted by Crippen LogP contribution is 2.26. The van der Waals surface area contributed by atoms with E-state index in [1.165, 1.54) is 5.52 Å². The lowest BCUT2D eigenvalue weighted by molar-refractivity contribution is 0.106. The van der Waals surface area contributed by atoms with Crippen LogP contribution in [-0.2, 0) is 7.05 Å². The number of nitrogens with one attached hydrogen (secondary N) is 1. The Balaban J connectivity index is 1.82. The summed E-state index contributed by atoms with van der Waals surface area (Å²) in [7, 11) is 2.03. The van der Waals surface area contributed by atoms with E-state index in [4.69, 9.17) is 0 Å². The Kier molecular flexibility index (Phi) is 3.55. The minimum Gasteiger partial charge on any atom is -0.387 e. The smallest absolute Gasteiger partial charge is 0.0937 e. The number of aliphatic hydroxyl groups is 1. The van der Waals surface area contributed by atoms with Crippen LogP contribution in [0.4, 0.5) is 0 Å². The molecule has 1 aromatic carbocycles. The van der Waals surface area contributed by atoms with E-state index in [2.05, 4.69) is 33.1 Å². The molecule has 0 spiro atoms. The zero-order valence-electron chi connectivity index (χ0n) is 11.3. The summed E-state index contributed by atoms with van der Waals surface area (Å²) in [4.78, 5) is 2.32. The van der Waals surface area contributed by atoms with Crippen molar-refractivity contribution < 1.29 is 5.11 Å². The van der Waals surface area contributed by atoms with E-state index in [0.717, 1.165) is 43.7 Å². The largest absolute Gasteiger partial charge is 0.387 e. The average Bonchev–Trinajstić information content (AvgIpc) is 2.78. The second-order valence-electron chi connectivity index (χ2n) is 5.28. The van der Waals surface area contributed by atoms with Gasteiger partial charge in [-0.1, -0.05) is 18.2 Å². The summed E-state index contributed by atoms with van der Waals surface area (Å²) < 4.78 is 2.09. The van der Waals surface area contributed by atoms with E-state index in [1.807, 2.05) is 19.2 Å². The molecular formula is C15H21N3O. The number of aryl methyl sites for hydroxylation is 1. The number of hydrogen-bond acceptors (Lipinski definition) is 3. The van der Waals surface area contributed by atoms with Crippen molar-refractivity contribution in [3.63, 3.8) is 0 Å². The highest BCUT2D eigenvalue weighted by atomic mass is 16.3. The molecule has 1 aliphatic heterocycles. The van der Waals surface area contributed by atoms with Gasteiger partial charge in [0.05, 0.1) is 6.10 Å². The van der Waals surface area contributed by atoms with Crippen LogP contribution in [0.1, 0.15) is 11.7 Å². The number of piperazine rings is 1. The summed E-state index contributed by atoms with van der Waals surface area (Å²) in [6, 6.07) is 8.25. The maximum atomic E-state index is 10.5. The van der Waals surface area contributed by atoms with Crippen molar-refractivity contribution in [1.82, 2.24) is 14.8 Å². The minimum absolute atomic E-state index is 0.413. The summed E-state index contributed by atoms with van der Waals surface area (Å²) in [5, 5.41) is 15.0. The molecule has 19 heavy (non-hydrogen) atoms. The Labute approximate surface area is 113 Å². The monoisotopic (exact) mass is 259 g/mol. The first-order valence-electron chi connectivity index (χ1n) is 6.91. The van der Waals surface area contributed by atoms with Crippen molar-refractivity contribution in [2.24, 2.45) is 7.05 Å². The summed E-state index contributed by atoms with van der Waals surface area (Å²) in [5.41, 5.74) is 2.22. The van der Waals surface area contributed by atoms with Gasteiger partial charge < -0.3 is 15.0 Å². The SMILES string of the molecule is Cn1cc(C(O)CN2CCNCC2)c2ccccc21. The molecule has 1 aromatic heterocycles. The van der Waals surface area contributed by atoms with Gasteiger partial charge in [-0.3, -0.25) is 4.90 Å². The first-order valence-corrected chi connectivity index (χ1v) is 6.91. The highest BCUT2D eigenvalue weighted by molar-refractivity contribution is 5.84. The van der Waals surface area contributed by atoms with Crippen molar-refractivity contribution in [3.8, 4) is 0 Å². The fourth-order valence-corrected chi connectivity index (χ4v) is 2.88. The molecule has 0 aliphatic carbocycles. The number of aromatic nitrogens is 1. The van der Waals surface area contributed by atoms with Crippen LogP contribution in [0.2, 0.25) is 0 Å². The first kappa shape index (κ1) is 12.7. The van der Waals surface area contributed by atoms with E-state index in [0.29, 0.717) is 0 Å². The van der Waals surface area contributed by atoms with Crippen LogP contribution in [0.5, 0.6) is 0 Å². The average molecular weight is 259 g/mol. The molecule has 2 aromatic rings. The molecule has 1 atom stereocenters. The Hall–Kier alpha value is -1.36. The van der Waals surface area contributed by atoms with Crippen molar-refractivity contribution in [1.29, 1.82) is 0 Å². The van der Waals surface area contributed by atoms with Crippen LogP contribution in [0.15, 0.2) is 30.5 Å². The number of hydrogen-bond donors (Lipinski definition) is 2. The Morgan fingerprint density at radius 2 is 2.00 bits per heavy atom. The lowest BCUT2D eigenvalue weighted by Gasteiger charge is -2.29.